The number of rotatable bonds is 3. The average molecular weight is 407 g/mol. The third-order valence-electron chi connectivity index (χ3n) is 4.96. The molecule has 5 nitrogen and oxygen atoms in total. The number of likely N-dealkylation sites (N-methyl/N-ethyl adjacent to an activating group) is 1. The van der Waals surface area contributed by atoms with E-state index in [-0.39, 0.29) is 30.7 Å². The molecule has 2 heterocycles. The highest BCUT2D eigenvalue weighted by molar-refractivity contribution is 5.94. The Hall–Kier alpha value is -2.08. The summed E-state index contributed by atoms with van der Waals surface area (Å²) in [5.41, 5.74) is 3.78. The number of hydrogen-bond donors (Lipinski definition) is 1. The monoisotopic (exact) mass is 406 g/mol. The van der Waals surface area contributed by atoms with Crippen LogP contribution in [0.1, 0.15) is 23.2 Å². The second kappa shape index (κ2) is 9.22. The number of piperidine rings is 1. The molecule has 4 rings (SSSR count). The molecule has 1 fully saturated rings. The molecule has 1 aromatic heterocycles. The van der Waals surface area contributed by atoms with Crippen LogP contribution in [0.25, 0.3) is 16.7 Å². The first-order valence-corrected chi connectivity index (χ1v) is 8.75. The van der Waals surface area contributed by atoms with Crippen LogP contribution in [0, 0.1) is 0 Å². The normalized spacial score (nSPS) is 16.5. The van der Waals surface area contributed by atoms with Crippen molar-refractivity contribution >= 4 is 41.8 Å². The summed E-state index contributed by atoms with van der Waals surface area (Å²) < 4.78 is 2.04. The molecule has 2 aromatic carbocycles. The van der Waals surface area contributed by atoms with Crippen LogP contribution >= 0.6 is 24.8 Å². The van der Waals surface area contributed by atoms with Gasteiger partial charge in [0.1, 0.15) is 6.33 Å². The average Bonchev–Trinajstić information content (AvgIpc) is 3.12. The molecule has 7 heteroatoms. The quantitative estimate of drug-likeness (QED) is 0.721. The number of carbonyl (C=O) groups is 1. The Bertz CT molecular complexity index is 894. The fourth-order valence-electron chi connectivity index (χ4n) is 3.51. The number of hydrogen-bond acceptors (Lipinski definition) is 3. The molecule has 1 aliphatic heterocycles. The number of nitrogens with zero attached hydrogens (tertiary/aromatic N) is 3. The van der Waals surface area contributed by atoms with E-state index in [1.54, 1.807) is 0 Å². The Labute approximate surface area is 171 Å². The van der Waals surface area contributed by atoms with Crippen LogP contribution in [0.2, 0.25) is 0 Å². The minimum atomic E-state index is 0. The van der Waals surface area contributed by atoms with Gasteiger partial charge in [0.15, 0.2) is 0 Å². The molecule has 0 saturated carbocycles. The third kappa shape index (κ3) is 4.26. The van der Waals surface area contributed by atoms with Gasteiger partial charge in [0.25, 0.3) is 5.91 Å². The Kier molecular flexibility index (Phi) is 7.25. The molecule has 3 aromatic rings. The molecule has 0 spiro atoms. The zero-order chi connectivity index (χ0) is 17.2. The second-order valence-electron chi connectivity index (χ2n) is 6.53. The van der Waals surface area contributed by atoms with Crippen molar-refractivity contribution in [2.75, 3.05) is 20.1 Å². The Morgan fingerprint density at radius 1 is 1.11 bits per heavy atom. The summed E-state index contributed by atoms with van der Waals surface area (Å²) in [6.45, 7) is 1.62. The van der Waals surface area contributed by atoms with Gasteiger partial charge in [0.2, 0.25) is 0 Å². The number of likely N-dealkylation sites (tertiary alicyclic amines) is 1. The maximum atomic E-state index is 12.8. The van der Waals surface area contributed by atoms with Crippen molar-refractivity contribution < 1.29 is 4.79 Å². The highest BCUT2D eigenvalue weighted by Gasteiger charge is 2.23. The molecule has 1 unspecified atom stereocenters. The predicted molar refractivity (Wildman–Crippen MR) is 114 cm³/mol. The lowest BCUT2D eigenvalue weighted by molar-refractivity contribution is 0.0698. The molecule has 1 atom stereocenters. The first-order chi connectivity index (χ1) is 12.3. The van der Waals surface area contributed by atoms with Gasteiger partial charge >= 0.3 is 0 Å². The van der Waals surface area contributed by atoms with Gasteiger partial charge in [-0.3, -0.25) is 9.36 Å². The molecule has 1 aliphatic rings. The zero-order valence-corrected chi connectivity index (χ0v) is 16.8. The Morgan fingerprint density at radius 3 is 2.59 bits per heavy atom. The molecular formula is C20H24Cl2N4O. The molecule has 0 bridgehead atoms. The van der Waals surface area contributed by atoms with E-state index in [2.05, 4.69) is 10.3 Å². The molecule has 0 radical (unpaired) electrons. The van der Waals surface area contributed by atoms with Crippen molar-refractivity contribution in [2.24, 2.45) is 0 Å². The van der Waals surface area contributed by atoms with Crippen LogP contribution in [0.4, 0.5) is 0 Å². The smallest absolute Gasteiger partial charge is 0.253 e. The minimum Gasteiger partial charge on any atom is -0.337 e. The minimum absolute atomic E-state index is 0. The second-order valence-corrected chi connectivity index (χ2v) is 6.53. The van der Waals surface area contributed by atoms with Gasteiger partial charge in [-0.1, -0.05) is 12.1 Å². The summed E-state index contributed by atoms with van der Waals surface area (Å²) in [5.74, 6) is 0.113. The maximum Gasteiger partial charge on any atom is 0.253 e. The number of halogens is 2. The summed E-state index contributed by atoms with van der Waals surface area (Å²) in [7, 11) is 1.96. The summed E-state index contributed by atoms with van der Waals surface area (Å²) in [6, 6.07) is 16.2. The van der Waals surface area contributed by atoms with Crippen molar-refractivity contribution in [2.45, 2.75) is 18.9 Å². The number of aromatic nitrogens is 2. The van der Waals surface area contributed by atoms with Gasteiger partial charge in [0, 0.05) is 30.4 Å². The van der Waals surface area contributed by atoms with Crippen molar-refractivity contribution in [3.63, 3.8) is 0 Å². The Balaban J connectivity index is 0.00000131. The first-order valence-electron chi connectivity index (χ1n) is 8.75. The van der Waals surface area contributed by atoms with Gasteiger partial charge in [-0.2, -0.15) is 0 Å². The SMILES string of the molecule is CNC1CCCN(C(=O)c2ccc(-n3cnc4ccccc43)cc2)C1.Cl.Cl. The van der Waals surface area contributed by atoms with E-state index in [4.69, 9.17) is 0 Å². The molecular weight excluding hydrogens is 383 g/mol. The van der Waals surface area contributed by atoms with Gasteiger partial charge in [-0.25, -0.2) is 4.98 Å². The number of benzene rings is 2. The van der Waals surface area contributed by atoms with E-state index < -0.39 is 0 Å². The van der Waals surface area contributed by atoms with Crippen molar-refractivity contribution in [1.82, 2.24) is 19.8 Å². The van der Waals surface area contributed by atoms with Gasteiger partial charge in [-0.15, -0.1) is 24.8 Å². The van der Waals surface area contributed by atoms with Gasteiger partial charge in [-0.05, 0) is 56.3 Å². The van der Waals surface area contributed by atoms with E-state index in [1.807, 2.05) is 71.4 Å². The van der Waals surface area contributed by atoms with Crippen molar-refractivity contribution in [1.29, 1.82) is 0 Å². The number of nitrogens with one attached hydrogen (secondary N) is 1. The predicted octanol–water partition coefficient (Wildman–Crippen LogP) is 3.69. The number of carbonyl (C=O) groups excluding carboxylic acids is 1. The highest BCUT2D eigenvalue weighted by atomic mass is 35.5. The number of amides is 1. The number of para-hydroxylation sites is 2. The van der Waals surface area contributed by atoms with Crippen LogP contribution in [0.3, 0.4) is 0 Å². The topological polar surface area (TPSA) is 50.2 Å². The number of fused-ring (bicyclic) bond motifs is 1. The maximum absolute atomic E-state index is 12.8. The van der Waals surface area contributed by atoms with Crippen molar-refractivity contribution in [3.8, 4) is 5.69 Å². The van der Waals surface area contributed by atoms with Crippen LogP contribution in [-0.4, -0.2) is 46.5 Å². The van der Waals surface area contributed by atoms with Gasteiger partial charge < -0.3 is 10.2 Å². The molecule has 0 aliphatic carbocycles. The lowest BCUT2D eigenvalue weighted by Gasteiger charge is -2.32. The Morgan fingerprint density at radius 2 is 1.85 bits per heavy atom. The summed E-state index contributed by atoms with van der Waals surface area (Å²) in [4.78, 5) is 19.1. The lowest BCUT2D eigenvalue weighted by Crippen LogP contribution is -2.46. The van der Waals surface area contributed by atoms with E-state index in [0.717, 1.165) is 48.2 Å². The van der Waals surface area contributed by atoms with Crippen LogP contribution in [0.5, 0.6) is 0 Å². The van der Waals surface area contributed by atoms with Crippen LogP contribution in [0.15, 0.2) is 54.9 Å². The molecule has 144 valence electrons. The molecule has 1 saturated heterocycles. The summed E-state index contributed by atoms with van der Waals surface area (Å²) in [6.07, 6.45) is 4.01. The first kappa shape index (κ1) is 21.2. The van der Waals surface area contributed by atoms with E-state index in [9.17, 15) is 4.79 Å². The largest absolute Gasteiger partial charge is 0.337 e. The van der Waals surface area contributed by atoms with E-state index >= 15 is 0 Å². The van der Waals surface area contributed by atoms with E-state index in [1.165, 1.54) is 0 Å². The molecule has 27 heavy (non-hydrogen) atoms. The molecule has 1 amide bonds. The summed E-state index contributed by atoms with van der Waals surface area (Å²) in [5, 5.41) is 3.28. The van der Waals surface area contributed by atoms with E-state index in [0.29, 0.717) is 6.04 Å². The standard InChI is InChI=1S/C20H22N4O.2ClH/c1-21-16-5-4-12-23(13-16)20(25)15-8-10-17(11-9-15)24-14-22-18-6-2-3-7-19(18)24;;/h2-3,6-11,14,16,21H,4-5,12-13H2,1H3;2*1H. The zero-order valence-electron chi connectivity index (χ0n) is 15.2. The summed E-state index contributed by atoms with van der Waals surface area (Å²) >= 11 is 0. The number of imidazole rings is 1. The highest BCUT2D eigenvalue weighted by Crippen LogP contribution is 2.19. The van der Waals surface area contributed by atoms with Crippen LogP contribution < -0.4 is 5.32 Å². The lowest BCUT2D eigenvalue weighted by atomic mass is 10.0. The molecule has 1 N–H and O–H groups in total. The third-order valence-corrected chi connectivity index (χ3v) is 4.96. The van der Waals surface area contributed by atoms with Crippen molar-refractivity contribution in [3.05, 3.63) is 60.4 Å². The van der Waals surface area contributed by atoms with Gasteiger partial charge in [0.05, 0.1) is 11.0 Å². The fourth-order valence-corrected chi connectivity index (χ4v) is 3.51. The fraction of sp³-hybridized carbons (Fsp3) is 0.300. The van der Waals surface area contributed by atoms with Crippen LogP contribution in [-0.2, 0) is 0 Å².